The van der Waals surface area contributed by atoms with Crippen LogP contribution in [-0.2, 0) is 62.7 Å². The van der Waals surface area contributed by atoms with E-state index in [9.17, 15) is 32.7 Å². The van der Waals surface area contributed by atoms with Crippen molar-refractivity contribution in [3.63, 3.8) is 0 Å². The zero-order valence-electron chi connectivity index (χ0n) is 48.0. The van der Waals surface area contributed by atoms with E-state index in [1.54, 1.807) is 32.5 Å². The number of nitrogens with two attached hydrogens (primary N) is 1. The second-order valence-electron chi connectivity index (χ2n) is 23.7. The van der Waals surface area contributed by atoms with Gasteiger partial charge in [0.15, 0.2) is 9.84 Å². The smallest absolute Gasteiger partial charge is 0.354 e. The maximum Gasteiger partial charge on any atom is 0.354 e. The number of carbonyl (C=O) groups is 4. The van der Waals surface area contributed by atoms with E-state index in [1.165, 1.54) is 9.91 Å². The van der Waals surface area contributed by atoms with Gasteiger partial charge in [0.05, 0.1) is 48.6 Å². The van der Waals surface area contributed by atoms with Gasteiger partial charge >= 0.3 is 5.97 Å². The van der Waals surface area contributed by atoms with Crippen molar-refractivity contribution in [2.24, 2.45) is 16.4 Å². The molecule has 0 radical (unpaired) electrons. The normalized spacial score (nSPS) is 22.8. The summed E-state index contributed by atoms with van der Waals surface area (Å²) in [6, 6.07) is 18.6. The number of esters is 1. The number of phenols is 1. The van der Waals surface area contributed by atoms with E-state index in [-0.39, 0.29) is 73.1 Å². The van der Waals surface area contributed by atoms with Crippen LogP contribution < -0.4 is 11.1 Å². The summed E-state index contributed by atoms with van der Waals surface area (Å²) in [5, 5.41) is 25.7. The van der Waals surface area contributed by atoms with Crippen LogP contribution in [0.3, 0.4) is 0 Å². The van der Waals surface area contributed by atoms with E-state index < -0.39 is 63.2 Å². The molecular formula is C61H72N10O11S. The maximum atomic E-state index is 15.0. The van der Waals surface area contributed by atoms with E-state index in [2.05, 4.69) is 39.2 Å². The highest BCUT2D eigenvalue weighted by atomic mass is 32.2. The lowest BCUT2D eigenvalue weighted by molar-refractivity contribution is -0.144. The Balaban J connectivity index is 0.960. The van der Waals surface area contributed by atoms with Crippen molar-refractivity contribution in [3.8, 4) is 39.5 Å². The van der Waals surface area contributed by atoms with Gasteiger partial charge in [0, 0.05) is 111 Å². The molecular weight excluding hydrogens is 1080 g/mol. The molecule has 21 nitrogen and oxygen atoms in total. The number of nitrogens with zero attached hydrogens (tertiary/aromatic N) is 8. The zero-order valence-corrected chi connectivity index (χ0v) is 48.8. The van der Waals surface area contributed by atoms with Gasteiger partial charge in [-0.2, -0.15) is 10.1 Å². The van der Waals surface area contributed by atoms with E-state index in [1.807, 2.05) is 75.1 Å². The van der Waals surface area contributed by atoms with Crippen LogP contribution in [0.4, 0.5) is 5.69 Å². The van der Waals surface area contributed by atoms with Crippen LogP contribution in [0.5, 0.6) is 5.75 Å². The van der Waals surface area contributed by atoms with Gasteiger partial charge in [-0.15, -0.1) is 0 Å². The second-order valence-corrected chi connectivity index (χ2v) is 26.0. The number of benzene rings is 3. The molecule has 83 heavy (non-hydrogen) atoms. The van der Waals surface area contributed by atoms with Gasteiger partial charge < -0.3 is 44.4 Å². The molecule has 2 saturated heterocycles. The summed E-state index contributed by atoms with van der Waals surface area (Å²) in [7, 11) is 0.162. The number of aromatic hydroxyl groups is 1. The van der Waals surface area contributed by atoms with Crippen molar-refractivity contribution >= 4 is 55.8 Å². The monoisotopic (exact) mass is 1150 g/mol. The third kappa shape index (κ3) is 11.4. The first-order valence-electron chi connectivity index (χ1n) is 28.6. The number of ether oxygens (including phenoxy) is 3. The largest absolute Gasteiger partial charge is 0.508 e. The second kappa shape index (κ2) is 22.9. The molecule has 1 unspecified atom stereocenters. The summed E-state index contributed by atoms with van der Waals surface area (Å²) >= 11 is 0. The van der Waals surface area contributed by atoms with Gasteiger partial charge in [-0.05, 0) is 96.0 Å². The molecule has 438 valence electrons. The number of carbonyl (C=O) groups excluding carboxylic acids is 4. The molecule has 7 heterocycles. The van der Waals surface area contributed by atoms with Crippen LogP contribution in [0, 0.1) is 11.3 Å². The van der Waals surface area contributed by atoms with Crippen LogP contribution in [0.2, 0.25) is 0 Å². The summed E-state index contributed by atoms with van der Waals surface area (Å²) in [5.41, 5.74) is 13.6. The molecule has 4 N–H and O–H groups in total. The lowest BCUT2D eigenvalue weighted by atomic mass is 9.67. The molecule has 6 atom stereocenters. The molecule has 6 bridgehead atoms. The SMILES string of the molecule is CCn1c2c3c4cc(ccc41)-c1cc(O)cc(c1)C[C@H](NC(=O)[C@H](C(C)C)N(C)C(=O)C[C@@H]1OCC[C@@H]1c1ccc(N)cc1)C(=O)N1CCCC(=N1)C(=O)OCC(C)(C)C3[C@H](OC)c1ncc(-c3noc(CN4CCS(=O)(=O)CC4)n3)cc1-2. The van der Waals surface area contributed by atoms with Gasteiger partial charge in [-0.25, -0.2) is 18.2 Å². The summed E-state index contributed by atoms with van der Waals surface area (Å²) in [6.07, 6.45) is 1.96. The topological polar surface area (TPSA) is 267 Å². The number of aromatic nitrogens is 4. The fraction of sp³-hybridized carbons (Fsp3) is 0.475. The summed E-state index contributed by atoms with van der Waals surface area (Å²) in [6.45, 7) is 12.0. The predicted molar refractivity (Wildman–Crippen MR) is 310 cm³/mol. The van der Waals surface area contributed by atoms with Gasteiger partial charge in [0.25, 0.3) is 5.91 Å². The van der Waals surface area contributed by atoms with Crippen molar-refractivity contribution in [2.45, 2.75) is 116 Å². The fourth-order valence-electron chi connectivity index (χ4n) is 13.0. The third-order valence-corrected chi connectivity index (χ3v) is 18.8. The van der Waals surface area contributed by atoms with Crippen molar-refractivity contribution < 1.29 is 51.4 Å². The Labute approximate surface area is 482 Å². The van der Waals surface area contributed by atoms with Crippen molar-refractivity contribution in [1.29, 1.82) is 0 Å². The summed E-state index contributed by atoms with van der Waals surface area (Å²) in [5.74, 6) is -2.22. The fourth-order valence-corrected chi connectivity index (χ4v) is 14.2. The number of hydrogen-bond acceptors (Lipinski definition) is 17. The van der Waals surface area contributed by atoms with Crippen LogP contribution in [-0.4, -0.2) is 154 Å². The van der Waals surface area contributed by atoms with Crippen LogP contribution >= 0.6 is 0 Å². The summed E-state index contributed by atoms with van der Waals surface area (Å²) < 4.78 is 51.1. The predicted octanol–water partition coefficient (Wildman–Crippen LogP) is 6.78. The molecule has 0 spiro atoms. The number of anilines is 1. The number of nitrogens with one attached hydrogen (secondary N) is 1. The number of rotatable bonds is 12. The maximum absolute atomic E-state index is 15.0. The quantitative estimate of drug-likeness (QED) is 0.0842. The number of likely N-dealkylation sites (N-methyl/N-ethyl adjacent to an activating group) is 1. The molecule has 6 aromatic rings. The van der Waals surface area contributed by atoms with E-state index in [4.69, 9.17) is 34.4 Å². The Bertz CT molecular complexity index is 3640. The Morgan fingerprint density at radius 1 is 1.00 bits per heavy atom. The molecule has 3 aromatic heterocycles. The number of hydrazone groups is 1. The average molecular weight is 1150 g/mol. The minimum atomic E-state index is -3.07. The molecule has 4 aliphatic heterocycles. The number of hydrogen-bond donors (Lipinski definition) is 3. The third-order valence-electron chi connectivity index (χ3n) is 17.2. The number of methoxy groups -OCH3 is 1. The Morgan fingerprint density at radius 2 is 1.77 bits per heavy atom. The average Bonchev–Trinajstić information content (AvgIpc) is 2.40. The molecule has 22 heteroatoms. The molecule has 5 aliphatic rings. The highest BCUT2D eigenvalue weighted by molar-refractivity contribution is 7.91. The van der Waals surface area contributed by atoms with Crippen LogP contribution in [0.1, 0.15) is 107 Å². The minimum absolute atomic E-state index is 0.0344. The highest BCUT2D eigenvalue weighted by Crippen LogP contribution is 2.57. The number of cyclic esters (lactones) is 1. The number of nitrogen functional groups attached to an aromatic ring is 1. The molecule has 3 amide bonds. The van der Waals surface area contributed by atoms with Gasteiger partial charge in [-0.1, -0.05) is 57.1 Å². The van der Waals surface area contributed by atoms with Gasteiger partial charge in [0.2, 0.25) is 23.5 Å². The van der Waals surface area contributed by atoms with Crippen molar-refractivity contribution in [3.05, 3.63) is 101 Å². The Morgan fingerprint density at radius 3 is 2.51 bits per heavy atom. The van der Waals surface area contributed by atoms with Crippen LogP contribution in [0.15, 0.2) is 82.6 Å². The number of phenolic OH excluding ortho intramolecular Hbond substituents is 1. The summed E-state index contributed by atoms with van der Waals surface area (Å²) in [4.78, 5) is 71.6. The van der Waals surface area contributed by atoms with Gasteiger partial charge in [0.1, 0.15) is 29.6 Å². The highest BCUT2D eigenvalue weighted by Gasteiger charge is 2.48. The number of aryl methyl sites for hydroxylation is 1. The van der Waals surface area contributed by atoms with Crippen molar-refractivity contribution in [1.82, 2.24) is 39.8 Å². The minimum Gasteiger partial charge on any atom is -0.508 e. The first-order chi connectivity index (χ1) is 39.7. The Kier molecular flexibility index (Phi) is 15.8. The molecule has 1 aliphatic carbocycles. The number of amides is 3. The number of sulfone groups is 1. The zero-order chi connectivity index (χ0) is 58.6. The number of pyridine rings is 1. The van der Waals surface area contributed by atoms with Crippen LogP contribution in [0.25, 0.3) is 44.7 Å². The van der Waals surface area contributed by atoms with E-state index >= 15 is 0 Å². The molecule has 2 fully saturated rings. The first kappa shape index (κ1) is 57.3. The molecule has 0 saturated carbocycles. The van der Waals surface area contributed by atoms with E-state index in [0.29, 0.717) is 79.0 Å². The Hall–Kier alpha value is -7.53. The van der Waals surface area contributed by atoms with Gasteiger partial charge in [-0.3, -0.25) is 24.3 Å². The standard InChI is InChI=1S/C61H72N10O11S/c1-8-70-47-16-13-37-28-43(47)51-52(56(79-7)53-44(55(51)70)29-39(31-63-53)57-65-49(82-67-57)32-69-19-22-83(77,78)23-20-69)61(4,5)33-81-60(76)45-10-9-18-71(66-45)59(75)46(26-35-24-38(37)27-41(72)25-35)64-58(74)54(34(2)3)68(6)50(73)30-48-42(17-21-80-48)36-11-14-40(62)15-12-36/h11-16,24-25,27-29,31,34,42,46,48,52,54,56,72H,8-10,17-23,26,30,32-33,62H2,1-7H3,(H,64,74)/t42-,46+,48+,52?,54+,56+/m1/s1. The first-order valence-corrected chi connectivity index (χ1v) is 30.4. The number of fused-ring (bicyclic) bond motifs is 7. The van der Waals surface area contributed by atoms with E-state index in [0.717, 1.165) is 45.3 Å². The lowest BCUT2D eigenvalue weighted by Gasteiger charge is -2.42. The molecule has 3 aromatic carbocycles. The molecule has 11 rings (SSSR count). The lowest BCUT2D eigenvalue weighted by Crippen LogP contribution is -2.57. The van der Waals surface area contributed by atoms with Crippen molar-refractivity contribution in [2.75, 3.05) is 64.2 Å².